The van der Waals surface area contributed by atoms with Crippen LogP contribution in [0.5, 0.6) is 0 Å². The summed E-state index contributed by atoms with van der Waals surface area (Å²) in [5.41, 5.74) is 6.91. The Labute approximate surface area is 157 Å². The Kier molecular flexibility index (Phi) is 7.84. The lowest BCUT2D eigenvalue weighted by atomic mass is 10.1. The Morgan fingerprint density at radius 1 is 0.926 bits per heavy atom. The Morgan fingerprint density at radius 2 is 1.52 bits per heavy atom. The van der Waals surface area contributed by atoms with Gasteiger partial charge in [-0.3, -0.25) is 9.59 Å². The normalized spacial score (nSPS) is 11.3. The summed E-state index contributed by atoms with van der Waals surface area (Å²) in [6.07, 6.45) is -0.665. The van der Waals surface area contributed by atoms with Gasteiger partial charge in [-0.25, -0.2) is 4.79 Å². The predicted molar refractivity (Wildman–Crippen MR) is 100 cm³/mol. The van der Waals surface area contributed by atoms with Gasteiger partial charge in [-0.15, -0.1) is 0 Å². The smallest absolute Gasteiger partial charge is 0.408 e. The molecule has 2 rings (SSSR count). The summed E-state index contributed by atoms with van der Waals surface area (Å²) in [6.45, 7) is 0.397. The number of nitrogens with one attached hydrogen (secondary N) is 2. The molecule has 7 heteroatoms. The third kappa shape index (κ3) is 7.60. The minimum Gasteiger partial charge on any atom is -0.445 e. The fourth-order valence-electron chi connectivity index (χ4n) is 2.37. The molecule has 0 aliphatic rings. The fourth-order valence-corrected chi connectivity index (χ4v) is 2.37. The molecule has 27 heavy (non-hydrogen) atoms. The van der Waals surface area contributed by atoms with Gasteiger partial charge in [-0.2, -0.15) is 0 Å². The van der Waals surface area contributed by atoms with Crippen LogP contribution in [-0.2, 0) is 27.5 Å². The zero-order valence-electron chi connectivity index (χ0n) is 14.9. The van der Waals surface area contributed by atoms with Gasteiger partial charge in [-0.1, -0.05) is 60.7 Å². The van der Waals surface area contributed by atoms with Gasteiger partial charge in [0.1, 0.15) is 12.6 Å². The van der Waals surface area contributed by atoms with Crippen LogP contribution in [0, 0.1) is 0 Å². The predicted octanol–water partition coefficient (Wildman–Crippen LogP) is 1.86. The molecule has 0 saturated carbocycles. The van der Waals surface area contributed by atoms with Crippen molar-refractivity contribution in [3.05, 3.63) is 71.8 Å². The molecule has 0 heterocycles. The van der Waals surface area contributed by atoms with E-state index in [2.05, 4.69) is 10.6 Å². The van der Waals surface area contributed by atoms with Crippen LogP contribution in [-0.4, -0.2) is 23.9 Å². The second-order valence-electron chi connectivity index (χ2n) is 5.97. The molecule has 1 atom stereocenters. The SMILES string of the molecule is NC(=O)CC[C@H](NC(=O)OCc1ccccc1)C(=O)NCc1ccccc1. The van der Waals surface area contributed by atoms with Crippen molar-refractivity contribution in [2.75, 3.05) is 0 Å². The minimum absolute atomic E-state index is 0.0254. The van der Waals surface area contributed by atoms with Crippen LogP contribution in [0.4, 0.5) is 4.79 Å². The molecule has 7 nitrogen and oxygen atoms in total. The minimum atomic E-state index is -0.913. The molecular weight excluding hydrogens is 346 g/mol. The van der Waals surface area contributed by atoms with Crippen molar-refractivity contribution in [1.82, 2.24) is 10.6 Å². The molecule has 4 N–H and O–H groups in total. The van der Waals surface area contributed by atoms with Gasteiger partial charge >= 0.3 is 6.09 Å². The number of rotatable bonds is 9. The van der Waals surface area contributed by atoms with Crippen LogP contribution >= 0.6 is 0 Å². The van der Waals surface area contributed by atoms with Crippen molar-refractivity contribution < 1.29 is 19.1 Å². The summed E-state index contributed by atoms with van der Waals surface area (Å²) in [4.78, 5) is 35.5. The second-order valence-corrected chi connectivity index (χ2v) is 5.97. The molecule has 0 radical (unpaired) electrons. The number of carbonyl (C=O) groups excluding carboxylic acids is 3. The number of alkyl carbamates (subject to hydrolysis) is 1. The third-order valence-corrected chi connectivity index (χ3v) is 3.81. The first-order valence-corrected chi connectivity index (χ1v) is 8.62. The van der Waals surface area contributed by atoms with Gasteiger partial charge in [0.25, 0.3) is 0 Å². The molecule has 2 aromatic carbocycles. The van der Waals surface area contributed by atoms with Gasteiger partial charge in [0.15, 0.2) is 0 Å². The van der Waals surface area contributed by atoms with Crippen molar-refractivity contribution >= 4 is 17.9 Å². The first-order chi connectivity index (χ1) is 13.0. The highest BCUT2D eigenvalue weighted by Gasteiger charge is 2.22. The topological polar surface area (TPSA) is 111 Å². The van der Waals surface area contributed by atoms with E-state index < -0.39 is 23.9 Å². The number of hydrogen-bond acceptors (Lipinski definition) is 4. The highest BCUT2D eigenvalue weighted by Crippen LogP contribution is 2.04. The fraction of sp³-hybridized carbons (Fsp3) is 0.250. The van der Waals surface area contributed by atoms with E-state index in [1.54, 1.807) is 0 Å². The lowest BCUT2D eigenvalue weighted by Crippen LogP contribution is -2.47. The summed E-state index contributed by atoms with van der Waals surface area (Å²) in [6, 6.07) is 17.6. The zero-order valence-corrected chi connectivity index (χ0v) is 14.9. The Morgan fingerprint density at radius 3 is 2.11 bits per heavy atom. The van der Waals surface area contributed by atoms with Crippen LogP contribution < -0.4 is 16.4 Å². The van der Waals surface area contributed by atoms with Gasteiger partial charge < -0.3 is 21.1 Å². The second kappa shape index (κ2) is 10.6. The maximum atomic E-state index is 12.4. The number of primary amides is 1. The molecule has 142 valence electrons. The molecule has 2 aromatic rings. The van der Waals surface area contributed by atoms with E-state index in [4.69, 9.17) is 10.5 Å². The highest BCUT2D eigenvalue weighted by atomic mass is 16.5. The molecule has 3 amide bonds. The van der Waals surface area contributed by atoms with E-state index in [-0.39, 0.29) is 19.4 Å². The van der Waals surface area contributed by atoms with E-state index in [1.807, 2.05) is 60.7 Å². The molecule has 0 unspecified atom stereocenters. The number of nitrogens with two attached hydrogens (primary N) is 1. The highest BCUT2D eigenvalue weighted by molar-refractivity contribution is 5.86. The monoisotopic (exact) mass is 369 g/mol. The molecule has 0 spiro atoms. The summed E-state index contributed by atoms with van der Waals surface area (Å²) in [5, 5.41) is 5.24. The van der Waals surface area contributed by atoms with Crippen LogP contribution in [0.2, 0.25) is 0 Å². The van der Waals surface area contributed by atoms with Gasteiger partial charge in [0, 0.05) is 13.0 Å². The summed E-state index contributed by atoms with van der Waals surface area (Å²) >= 11 is 0. The number of benzene rings is 2. The largest absolute Gasteiger partial charge is 0.445 e. The van der Waals surface area contributed by atoms with Crippen molar-refractivity contribution in [1.29, 1.82) is 0 Å². The van der Waals surface area contributed by atoms with E-state index in [0.29, 0.717) is 6.54 Å². The average molecular weight is 369 g/mol. The van der Waals surface area contributed by atoms with E-state index in [0.717, 1.165) is 11.1 Å². The van der Waals surface area contributed by atoms with E-state index >= 15 is 0 Å². The number of hydrogen-bond donors (Lipinski definition) is 3. The summed E-state index contributed by atoms with van der Waals surface area (Å²) < 4.78 is 5.13. The van der Waals surface area contributed by atoms with Crippen molar-refractivity contribution in [2.45, 2.75) is 32.0 Å². The molecule has 0 saturated heterocycles. The maximum Gasteiger partial charge on any atom is 0.408 e. The van der Waals surface area contributed by atoms with E-state index in [1.165, 1.54) is 0 Å². The summed E-state index contributed by atoms with van der Waals surface area (Å²) in [7, 11) is 0. The Hall–Kier alpha value is -3.35. The first-order valence-electron chi connectivity index (χ1n) is 8.62. The number of amides is 3. The molecular formula is C20H23N3O4. The number of carbonyl (C=O) groups is 3. The molecule has 0 aliphatic carbocycles. The van der Waals surface area contributed by atoms with Crippen LogP contribution in [0.15, 0.2) is 60.7 Å². The Balaban J connectivity index is 1.88. The number of ether oxygens (including phenoxy) is 1. The van der Waals surface area contributed by atoms with E-state index in [9.17, 15) is 14.4 Å². The van der Waals surface area contributed by atoms with Gasteiger partial charge in [-0.05, 0) is 17.5 Å². The molecule has 0 bridgehead atoms. The van der Waals surface area contributed by atoms with Crippen molar-refractivity contribution in [3.8, 4) is 0 Å². The quantitative estimate of drug-likeness (QED) is 0.626. The lowest BCUT2D eigenvalue weighted by Gasteiger charge is -2.18. The Bertz CT molecular complexity index is 750. The average Bonchev–Trinajstić information content (AvgIpc) is 2.69. The molecule has 0 aromatic heterocycles. The maximum absolute atomic E-state index is 12.4. The van der Waals surface area contributed by atoms with Crippen LogP contribution in [0.1, 0.15) is 24.0 Å². The first kappa shape index (κ1) is 20.0. The van der Waals surface area contributed by atoms with Gasteiger partial charge in [0.2, 0.25) is 11.8 Å². The van der Waals surface area contributed by atoms with Crippen molar-refractivity contribution in [2.24, 2.45) is 5.73 Å². The summed E-state index contributed by atoms with van der Waals surface area (Å²) in [5.74, 6) is -0.952. The van der Waals surface area contributed by atoms with Crippen LogP contribution in [0.3, 0.4) is 0 Å². The zero-order chi connectivity index (χ0) is 19.5. The van der Waals surface area contributed by atoms with Gasteiger partial charge in [0.05, 0.1) is 0 Å². The standard InChI is InChI=1S/C20H23N3O4/c21-18(24)12-11-17(19(25)22-13-15-7-3-1-4-8-15)23-20(26)27-14-16-9-5-2-6-10-16/h1-10,17H,11-14H2,(H2,21,24)(H,22,25)(H,23,26)/t17-/m0/s1. The van der Waals surface area contributed by atoms with Crippen molar-refractivity contribution in [3.63, 3.8) is 0 Å². The molecule has 0 aliphatic heterocycles. The van der Waals surface area contributed by atoms with Crippen LogP contribution in [0.25, 0.3) is 0 Å². The lowest BCUT2D eigenvalue weighted by molar-refractivity contribution is -0.123. The third-order valence-electron chi connectivity index (χ3n) is 3.81. The molecule has 0 fully saturated rings.